The number of hydrogen-bond acceptors (Lipinski definition) is 10. The third-order valence-electron chi connectivity index (χ3n) is 24.3. The number of rotatable bonds is 11. The van der Waals surface area contributed by atoms with Crippen molar-refractivity contribution >= 4 is 140 Å². The summed E-state index contributed by atoms with van der Waals surface area (Å²) < 4.78 is 31.8. The predicted octanol–water partition coefficient (Wildman–Crippen LogP) is 22.4. The number of aliphatic imine (C=N–C) groups is 3. The van der Waals surface area contributed by atoms with Crippen LogP contribution in [0.4, 0.5) is 0 Å². The van der Waals surface area contributed by atoms with Crippen LogP contribution < -0.4 is 26.6 Å². The third-order valence-corrected chi connectivity index (χ3v) is 24.3. The lowest BCUT2D eigenvalue weighted by molar-refractivity contribution is 0.341. The van der Waals surface area contributed by atoms with Crippen LogP contribution >= 0.6 is 0 Å². The van der Waals surface area contributed by atoms with E-state index in [0.717, 1.165) is 197 Å². The molecule has 24 rings (SSSR count). The summed E-state index contributed by atoms with van der Waals surface area (Å²) in [7, 11) is 0. The molecule has 0 amide bonds. The molecule has 0 saturated carbocycles. The molecule has 0 spiro atoms. The van der Waals surface area contributed by atoms with Crippen LogP contribution in [0.15, 0.2) is 336 Å². The van der Waals surface area contributed by atoms with Gasteiger partial charge >= 0.3 is 0 Å². The predicted molar refractivity (Wildman–Crippen MR) is 462 cm³/mol. The van der Waals surface area contributed by atoms with Crippen LogP contribution in [0.1, 0.15) is 87.0 Å². The Hall–Kier alpha value is -14.3. The molecule has 12 heteroatoms. The lowest BCUT2D eigenvalue weighted by Crippen LogP contribution is -2.55. The highest BCUT2D eigenvalue weighted by molar-refractivity contribution is 6.15. The lowest BCUT2D eigenvalue weighted by Gasteiger charge is -2.35. The highest BCUT2D eigenvalue weighted by Crippen LogP contribution is 2.45. The van der Waals surface area contributed by atoms with Crippen molar-refractivity contribution in [2.24, 2.45) is 20.9 Å². The number of furan rings is 4. The maximum absolute atomic E-state index is 6.97. The molecule has 13 aromatic carbocycles. The van der Waals surface area contributed by atoms with Crippen molar-refractivity contribution in [2.75, 3.05) is 0 Å². The molecular weight excluding hydrogens is 1400 g/mol. The summed E-state index contributed by atoms with van der Waals surface area (Å²) in [5.41, 5.74) is 27.1. The van der Waals surface area contributed by atoms with Crippen molar-refractivity contribution in [3.63, 3.8) is 0 Å². The molecule has 542 valence electrons. The number of fused-ring (bicyclic) bond motifs is 18. The Balaban J connectivity index is 0.493. The van der Waals surface area contributed by atoms with Gasteiger partial charge in [-0.25, -0.2) is 15.0 Å². The van der Waals surface area contributed by atoms with Gasteiger partial charge in [-0.2, -0.15) is 0 Å². The second-order valence-corrected chi connectivity index (χ2v) is 30.8. The standard InChI is InChI=1S/C102H70N8O4/c1-4-17-60(18-5-1)97-103-98(61-19-6-2-7-20-61)106-101(105-97)69-40-49-90-81(54-69)76-44-36-68(57-94(76)112-90)66-39-48-92-83(53-66)78-26-16-30-88(96(78)114-92)110-86-29-15-12-25-74(86)79-51-64(37-46-87(79)110)59-31-33-63(34-32-59)100-104-99(62-21-8-3-9-22-62)107-102(108-100)70-41-50-91-82(55-70)75-43-35-67(56-93(75)111-91)65-38-47-89-80(52-65)77-45-42-71(58-95(77)113-89)109-84-27-13-10-23-72(84)73-24-11-14-28-85(73)109/h1-13,15-27,29-39,41-50,52-58,64,69,97,101-102,105H,14,28,40,51H2,(H,103,106)(H,104,107,108). The van der Waals surface area contributed by atoms with Gasteiger partial charge < -0.3 is 37.4 Å². The molecule has 0 bridgehead atoms. The van der Waals surface area contributed by atoms with Crippen LogP contribution in [-0.4, -0.2) is 32.8 Å². The average Bonchev–Trinajstić information content (AvgIpc) is 1.56. The Morgan fingerprint density at radius 2 is 1.02 bits per heavy atom. The molecule has 0 saturated heterocycles. The van der Waals surface area contributed by atoms with E-state index in [1.165, 1.54) is 38.7 Å². The molecule has 3 aliphatic carbocycles. The van der Waals surface area contributed by atoms with Crippen LogP contribution in [0, 0.1) is 5.92 Å². The number of aromatic nitrogens is 2. The zero-order chi connectivity index (χ0) is 74.6. The normalized spacial score (nSPS) is 17.9. The molecule has 0 fully saturated rings. The van der Waals surface area contributed by atoms with Crippen molar-refractivity contribution in [3.05, 3.63) is 370 Å². The summed E-state index contributed by atoms with van der Waals surface area (Å²) in [5.74, 6) is 2.60. The van der Waals surface area contributed by atoms with Gasteiger partial charge in [0.2, 0.25) is 0 Å². The second kappa shape index (κ2) is 25.6. The van der Waals surface area contributed by atoms with Crippen molar-refractivity contribution in [2.45, 2.75) is 50.1 Å². The first-order chi connectivity index (χ1) is 56.4. The summed E-state index contributed by atoms with van der Waals surface area (Å²) >= 11 is 0. The number of nitrogens with one attached hydrogen (secondary N) is 3. The minimum absolute atomic E-state index is 0.0590. The summed E-state index contributed by atoms with van der Waals surface area (Å²) in [6.07, 6.45) is 16.9. The SMILES string of the molecule is C1=Cc2c(n(-c3ccc4c(c3)oc3ccc(-c5ccc6c(c5)oc5ccc(C7N=C(c8ccccc8)N=C(c8ccc(C9C=Cc%10c(c%11ccccc%11n%10-c%10cccc%11c%10oc%10ccc(-c%12ccc%13c%14c(oc%13c%12)=CCC(C%12NC(c%13ccccc%13)=NC(c%13ccccc%13)N%12)C=%14)cc%10%11)C9)cc8)N7)cc56)cc34)c3ccccc23)CC1. The fraction of sp³-hybridized carbons (Fsp3) is 0.0882. The fourth-order valence-electron chi connectivity index (χ4n) is 18.7. The van der Waals surface area contributed by atoms with E-state index in [1.54, 1.807) is 0 Å². The van der Waals surface area contributed by atoms with E-state index in [9.17, 15) is 0 Å². The number of nitrogens with zero attached hydrogens (tertiary/aromatic N) is 5. The Kier molecular flexibility index (Phi) is 14.5. The van der Waals surface area contributed by atoms with Gasteiger partial charge in [0.1, 0.15) is 62.9 Å². The number of allylic oxidation sites excluding steroid dienone is 2. The minimum atomic E-state index is -0.425. The molecule has 3 N–H and O–H groups in total. The molecule has 6 aromatic heterocycles. The van der Waals surface area contributed by atoms with E-state index in [1.807, 2.05) is 24.3 Å². The summed E-state index contributed by atoms with van der Waals surface area (Å²) in [5, 5.41) is 22.5. The van der Waals surface area contributed by atoms with E-state index < -0.39 is 6.17 Å². The van der Waals surface area contributed by atoms with Gasteiger partial charge in [0.25, 0.3) is 0 Å². The first-order valence-corrected chi connectivity index (χ1v) is 39.4. The van der Waals surface area contributed by atoms with Gasteiger partial charge in [-0.3, -0.25) is 5.32 Å². The van der Waals surface area contributed by atoms with E-state index in [-0.39, 0.29) is 24.2 Å². The fourth-order valence-corrected chi connectivity index (χ4v) is 18.7. The van der Waals surface area contributed by atoms with Gasteiger partial charge in [0.05, 0.1) is 22.9 Å². The van der Waals surface area contributed by atoms with Crippen molar-refractivity contribution in [1.82, 2.24) is 25.1 Å². The first-order valence-electron chi connectivity index (χ1n) is 39.4. The van der Waals surface area contributed by atoms with Crippen molar-refractivity contribution in [1.29, 1.82) is 0 Å². The number of para-hydroxylation sites is 3. The number of benzene rings is 13. The molecule has 12 nitrogen and oxygen atoms in total. The van der Waals surface area contributed by atoms with Crippen molar-refractivity contribution < 1.29 is 17.7 Å². The van der Waals surface area contributed by atoms with E-state index in [0.29, 0.717) is 5.84 Å². The van der Waals surface area contributed by atoms with Crippen LogP contribution in [0.25, 0.3) is 157 Å². The van der Waals surface area contributed by atoms with Gasteiger partial charge in [-0.15, -0.1) is 0 Å². The second-order valence-electron chi connectivity index (χ2n) is 30.8. The van der Waals surface area contributed by atoms with Crippen LogP contribution in [-0.2, 0) is 12.8 Å². The quantitative estimate of drug-likeness (QED) is 0.117. The first kappa shape index (κ1) is 64.5. The molecule has 5 atom stereocenters. The van der Waals surface area contributed by atoms with E-state index in [4.69, 9.17) is 32.6 Å². The number of hydrogen-bond donors (Lipinski definition) is 3. The summed E-state index contributed by atoms with van der Waals surface area (Å²) in [6, 6.07) is 104. The average molecular weight is 1470 g/mol. The monoisotopic (exact) mass is 1470 g/mol. The molecule has 8 heterocycles. The zero-order valence-corrected chi connectivity index (χ0v) is 61.8. The van der Waals surface area contributed by atoms with E-state index in [2.05, 4.69) is 328 Å². The molecule has 0 radical (unpaired) electrons. The zero-order valence-electron chi connectivity index (χ0n) is 61.8. The lowest BCUT2D eigenvalue weighted by atomic mass is 9.86. The minimum Gasteiger partial charge on any atom is -0.456 e. The van der Waals surface area contributed by atoms with Gasteiger partial charge in [0.15, 0.2) is 11.4 Å². The Labute approximate surface area is 653 Å². The largest absolute Gasteiger partial charge is 0.456 e. The van der Waals surface area contributed by atoms with Crippen LogP contribution in [0.5, 0.6) is 0 Å². The Morgan fingerprint density at radius 3 is 1.81 bits per heavy atom. The van der Waals surface area contributed by atoms with Gasteiger partial charge in [0, 0.05) is 111 Å². The Morgan fingerprint density at radius 1 is 0.404 bits per heavy atom. The number of amidine groups is 3. The van der Waals surface area contributed by atoms with E-state index >= 15 is 0 Å². The van der Waals surface area contributed by atoms with Crippen LogP contribution in [0.3, 0.4) is 0 Å². The molecule has 2 aliphatic heterocycles. The Bertz CT molecular complexity index is 7550. The molecule has 5 unspecified atom stereocenters. The molecular formula is C102H70N8O4. The van der Waals surface area contributed by atoms with Crippen LogP contribution in [0.2, 0.25) is 0 Å². The summed E-state index contributed by atoms with van der Waals surface area (Å²) in [6.45, 7) is 0. The topological polar surface area (TPSA) is 136 Å². The van der Waals surface area contributed by atoms with Crippen molar-refractivity contribution in [3.8, 4) is 33.6 Å². The smallest absolute Gasteiger partial charge is 0.159 e. The molecule has 19 aromatic rings. The highest BCUT2D eigenvalue weighted by Gasteiger charge is 2.32. The van der Waals surface area contributed by atoms with Gasteiger partial charge in [-0.05, 0) is 173 Å². The van der Waals surface area contributed by atoms with Gasteiger partial charge in [-0.1, -0.05) is 218 Å². The third kappa shape index (κ3) is 10.5. The maximum atomic E-state index is 6.97. The highest BCUT2D eigenvalue weighted by atomic mass is 16.3. The molecule has 114 heavy (non-hydrogen) atoms. The molecule has 5 aliphatic rings. The summed E-state index contributed by atoms with van der Waals surface area (Å²) in [4.78, 5) is 15.7. The maximum Gasteiger partial charge on any atom is 0.159 e.